The van der Waals surface area contributed by atoms with Crippen LogP contribution in [0.1, 0.15) is 32.3 Å². The molecule has 3 rings (SSSR count). The summed E-state index contributed by atoms with van der Waals surface area (Å²) in [5, 5.41) is 11.8. The van der Waals surface area contributed by atoms with Crippen molar-refractivity contribution < 1.29 is 9.32 Å². The molecule has 8 heteroatoms. The molecule has 1 amide bonds. The molecular weight excluding hydrogens is 342 g/mol. The summed E-state index contributed by atoms with van der Waals surface area (Å²) in [5.74, 6) is 0.561. The van der Waals surface area contributed by atoms with E-state index in [-0.39, 0.29) is 5.91 Å². The highest BCUT2D eigenvalue weighted by Crippen LogP contribution is 2.28. The topological polar surface area (TPSA) is 85.8 Å². The number of carbonyl (C=O) groups excluding carboxylic acids is 1. The third-order valence-corrected chi connectivity index (χ3v) is 4.11. The second-order valence-electron chi connectivity index (χ2n) is 6.24. The first-order valence-electron chi connectivity index (χ1n) is 7.72. The Hall–Kier alpha value is -2.67. The zero-order valence-corrected chi connectivity index (χ0v) is 15.1. The summed E-state index contributed by atoms with van der Waals surface area (Å²) in [4.78, 5) is 15.7. The van der Waals surface area contributed by atoms with Crippen molar-refractivity contribution in [2.24, 2.45) is 0 Å². The molecular formula is C17H18ClN5O2. The number of carbonyl (C=O) groups is 1. The smallest absolute Gasteiger partial charge is 0.261 e. The van der Waals surface area contributed by atoms with Crippen LogP contribution in [0.25, 0.3) is 17.1 Å². The molecule has 3 aromatic rings. The van der Waals surface area contributed by atoms with Gasteiger partial charge in [-0.05, 0) is 32.9 Å². The van der Waals surface area contributed by atoms with E-state index in [0.29, 0.717) is 22.3 Å². The van der Waals surface area contributed by atoms with Gasteiger partial charge in [-0.15, -0.1) is 0 Å². The zero-order chi connectivity index (χ0) is 18.2. The molecule has 2 aromatic heterocycles. The van der Waals surface area contributed by atoms with E-state index in [4.69, 9.17) is 16.1 Å². The number of amides is 1. The van der Waals surface area contributed by atoms with Gasteiger partial charge in [0, 0.05) is 6.92 Å². The van der Waals surface area contributed by atoms with Crippen LogP contribution in [-0.4, -0.2) is 25.8 Å². The Morgan fingerprint density at radius 1 is 1.32 bits per heavy atom. The first kappa shape index (κ1) is 17.2. The fraction of sp³-hybridized carbons (Fsp3) is 0.294. The van der Waals surface area contributed by atoms with Gasteiger partial charge in [-0.25, -0.2) is 4.68 Å². The Bertz CT molecular complexity index is 929. The summed E-state index contributed by atoms with van der Waals surface area (Å²) in [7, 11) is 0. The zero-order valence-electron chi connectivity index (χ0n) is 14.4. The number of halogens is 1. The predicted molar refractivity (Wildman–Crippen MR) is 93.4 cm³/mol. The van der Waals surface area contributed by atoms with Crippen molar-refractivity contribution in [3.05, 3.63) is 47.0 Å². The molecule has 0 aliphatic heterocycles. The van der Waals surface area contributed by atoms with Gasteiger partial charge in [0.1, 0.15) is 0 Å². The van der Waals surface area contributed by atoms with E-state index in [0.717, 1.165) is 11.4 Å². The largest absolute Gasteiger partial charge is 0.344 e. The average Bonchev–Trinajstić information content (AvgIpc) is 3.14. The third-order valence-electron chi connectivity index (χ3n) is 3.79. The van der Waals surface area contributed by atoms with Crippen LogP contribution in [-0.2, 0) is 10.3 Å². The average molecular weight is 360 g/mol. The van der Waals surface area contributed by atoms with Gasteiger partial charge in [0.05, 0.1) is 33.7 Å². The van der Waals surface area contributed by atoms with Crippen molar-refractivity contribution in [1.82, 2.24) is 25.2 Å². The lowest BCUT2D eigenvalue weighted by Gasteiger charge is -2.20. The van der Waals surface area contributed by atoms with Gasteiger partial charge in [-0.2, -0.15) is 10.1 Å². The minimum Gasteiger partial charge on any atom is -0.344 e. The fourth-order valence-electron chi connectivity index (χ4n) is 2.57. The van der Waals surface area contributed by atoms with Gasteiger partial charge in [0.2, 0.25) is 5.91 Å². The van der Waals surface area contributed by atoms with Gasteiger partial charge >= 0.3 is 0 Å². The molecule has 0 bridgehead atoms. The maximum atomic E-state index is 11.3. The quantitative estimate of drug-likeness (QED) is 0.772. The summed E-state index contributed by atoms with van der Waals surface area (Å²) < 4.78 is 7.10. The molecule has 2 heterocycles. The van der Waals surface area contributed by atoms with Gasteiger partial charge < -0.3 is 9.84 Å². The van der Waals surface area contributed by atoms with Crippen LogP contribution in [0.15, 0.2) is 35.0 Å². The molecule has 0 aliphatic carbocycles. The molecule has 1 N–H and O–H groups in total. The van der Waals surface area contributed by atoms with E-state index >= 15 is 0 Å². The van der Waals surface area contributed by atoms with Crippen molar-refractivity contribution in [1.29, 1.82) is 0 Å². The molecule has 0 unspecified atom stereocenters. The van der Waals surface area contributed by atoms with Crippen molar-refractivity contribution in [3.8, 4) is 17.1 Å². The van der Waals surface area contributed by atoms with Gasteiger partial charge in [-0.3, -0.25) is 4.79 Å². The summed E-state index contributed by atoms with van der Waals surface area (Å²) in [6, 6.07) is 7.44. The number of benzene rings is 1. The maximum Gasteiger partial charge on any atom is 0.261 e. The second-order valence-corrected chi connectivity index (χ2v) is 6.64. The Morgan fingerprint density at radius 3 is 2.72 bits per heavy atom. The van der Waals surface area contributed by atoms with Crippen LogP contribution in [0.5, 0.6) is 0 Å². The van der Waals surface area contributed by atoms with Crippen molar-refractivity contribution in [2.45, 2.75) is 33.2 Å². The molecule has 0 spiro atoms. The lowest BCUT2D eigenvalue weighted by molar-refractivity contribution is -0.120. The van der Waals surface area contributed by atoms with Gasteiger partial charge in [0.15, 0.2) is 5.82 Å². The minimum atomic E-state index is -0.736. The highest BCUT2D eigenvalue weighted by molar-refractivity contribution is 6.32. The van der Waals surface area contributed by atoms with E-state index in [1.165, 1.54) is 6.92 Å². The van der Waals surface area contributed by atoms with Gasteiger partial charge in [0.25, 0.3) is 5.89 Å². The summed E-state index contributed by atoms with van der Waals surface area (Å²) in [5.41, 5.74) is 1.56. The highest BCUT2D eigenvalue weighted by Gasteiger charge is 2.28. The minimum absolute atomic E-state index is 0.168. The first-order chi connectivity index (χ1) is 11.8. The monoisotopic (exact) mass is 359 g/mol. The molecule has 1 aromatic carbocycles. The molecule has 130 valence electrons. The Balaban J connectivity index is 1.97. The Kier molecular flexibility index (Phi) is 4.34. The molecule has 0 fully saturated rings. The van der Waals surface area contributed by atoms with E-state index < -0.39 is 5.54 Å². The number of nitrogens with zero attached hydrogens (tertiary/aromatic N) is 4. The second kappa shape index (κ2) is 6.33. The van der Waals surface area contributed by atoms with Gasteiger partial charge in [-0.1, -0.05) is 28.9 Å². The van der Waals surface area contributed by atoms with Crippen LogP contribution in [0.3, 0.4) is 0 Å². The molecule has 0 saturated carbocycles. The third kappa shape index (κ3) is 3.28. The normalized spacial score (nSPS) is 11.6. The standard InChI is InChI=1S/C17H18ClN5O2/c1-10-12(9-19-23(10)14-8-6-5-7-13(14)18)15-20-16(22-25-15)17(3,4)21-11(2)24/h5-9H,1-4H3,(H,21,24). The van der Waals surface area contributed by atoms with Crippen LogP contribution >= 0.6 is 11.6 Å². The van der Waals surface area contributed by atoms with Crippen molar-refractivity contribution >= 4 is 17.5 Å². The molecule has 0 radical (unpaired) electrons. The number of aromatic nitrogens is 4. The first-order valence-corrected chi connectivity index (χ1v) is 8.10. The van der Waals surface area contributed by atoms with E-state index in [1.54, 1.807) is 16.9 Å². The van der Waals surface area contributed by atoms with E-state index in [2.05, 4.69) is 20.6 Å². The van der Waals surface area contributed by atoms with E-state index in [1.807, 2.05) is 39.0 Å². The summed E-state index contributed by atoms with van der Waals surface area (Å²) >= 11 is 6.25. The number of hydrogen-bond acceptors (Lipinski definition) is 5. The number of nitrogens with one attached hydrogen (secondary N) is 1. The van der Waals surface area contributed by atoms with Crippen LogP contribution in [0.2, 0.25) is 5.02 Å². The lowest BCUT2D eigenvalue weighted by atomic mass is 10.1. The Morgan fingerprint density at radius 2 is 2.04 bits per heavy atom. The SMILES string of the molecule is CC(=O)NC(C)(C)c1noc(-c2cnn(-c3ccccc3Cl)c2C)n1. The predicted octanol–water partition coefficient (Wildman–Crippen LogP) is 3.26. The fourth-order valence-corrected chi connectivity index (χ4v) is 2.78. The summed E-state index contributed by atoms with van der Waals surface area (Å²) in [6.07, 6.45) is 1.65. The van der Waals surface area contributed by atoms with Crippen LogP contribution < -0.4 is 5.32 Å². The molecule has 25 heavy (non-hydrogen) atoms. The molecule has 0 atom stereocenters. The maximum absolute atomic E-state index is 11.3. The number of rotatable bonds is 4. The highest BCUT2D eigenvalue weighted by atomic mass is 35.5. The Labute approximate surface area is 150 Å². The molecule has 0 saturated heterocycles. The van der Waals surface area contributed by atoms with Crippen LogP contribution in [0.4, 0.5) is 0 Å². The lowest BCUT2D eigenvalue weighted by Crippen LogP contribution is -2.40. The van der Waals surface area contributed by atoms with Crippen molar-refractivity contribution in [3.63, 3.8) is 0 Å². The molecule has 0 aliphatic rings. The van der Waals surface area contributed by atoms with Crippen molar-refractivity contribution in [2.75, 3.05) is 0 Å². The van der Waals surface area contributed by atoms with Crippen LogP contribution in [0, 0.1) is 6.92 Å². The summed E-state index contributed by atoms with van der Waals surface area (Å²) in [6.45, 7) is 6.96. The number of hydrogen-bond donors (Lipinski definition) is 1. The number of para-hydroxylation sites is 1. The molecule has 7 nitrogen and oxygen atoms in total. The van der Waals surface area contributed by atoms with E-state index in [9.17, 15) is 4.79 Å².